The van der Waals surface area contributed by atoms with Crippen molar-refractivity contribution in [2.45, 2.75) is 11.8 Å². The summed E-state index contributed by atoms with van der Waals surface area (Å²) in [7, 11) is 0. The molecular weight excluding hydrogens is 320 g/mol. The molecule has 16 heavy (non-hydrogen) atoms. The number of carbonyl (C=O) groups excluding carboxylic acids is 1. The van der Waals surface area contributed by atoms with Crippen LogP contribution in [0.2, 0.25) is 5.02 Å². The minimum Gasteiger partial charge on any atom is -0.308 e. The highest BCUT2D eigenvalue weighted by atomic mass is 79.9. The Morgan fingerprint density at radius 1 is 1.50 bits per heavy atom. The molecule has 0 N–H and O–H groups in total. The third-order valence-corrected chi connectivity index (χ3v) is 3.51. The van der Waals surface area contributed by atoms with E-state index in [9.17, 15) is 9.18 Å². The molecule has 86 valence electrons. The quantitative estimate of drug-likeness (QED) is 0.722. The van der Waals surface area contributed by atoms with Crippen molar-refractivity contribution in [3.8, 4) is 0 Å². The number of alkyl halides is 1. The fourth-order valence-electron chi connectivity index (χ4n) is 1.67. The number of nitrogens with zero attached hydrogens (tertiary/aromatic N) is 1. The number of halogens is 4. The second kappa shape index (κ2) is 4.51. The molecule has 0 saturated carbocycles. The molecule has 1 aromatic rings. The fraction of sp³-hybridized carbons (Fsp3) is 0.300. The van der Waals surface area contributed by atoms with Crippen molar-refractivity contribution < 1.29 is 9.18 Å². The summed E-state index contributed by atoms with van der Waals surface area (Å²) in [5.74, 6) is -0.552. The Morgan fingerprint density at radius 3 is 2.69 bits per heavy atom. The molecule has 2 nitrogen and oxygen atoms in total. The van der Waals surface area contributed by atoms with Gasteiger partial charge in [-0.05, 0) is 28.1 Å². The lowest BCUT2D eigenvalue weighted by molar-refractivity contribution is -0.117. The number of benzene rings is 1. The van der Waals surface area contributed by atoms with Crippen LogP contribution < -0.4 is 4.90 Å². The Bertz CT molecular complexity index is 431. The van der Waals surface area contributed by atoms with Crippen LogP contribution in [-0.4, -0.2) is 17.8 Å². The molecule has 1 amide bonds. The van der Waals surface area contributed by atoms with Gasteiger partial charge in [0.15, 0.2) is 0 Å². The molecule has 1 aliphatic rings. The SMILES string of the molecule is O=C1CC(Cl)CN1c1c(Cl)cc(F)cc1Br. The molecule has 0 radical (unpaired) electrons. The van der Waals surface area contributed by atoms with E-state index in [1.54, 1.807) is 0 Å². The number of anilines is 1. The molecule has 1 saturated heterocycles. The maximum absolute atomic E-state index is 13.0. The third kappa shape index (κ3) is 2.19. The number of carbonyl (C=O) groups is 1. The van der Waals surface area contributed by atoms with Gasteiger partial charge in [-0.15, -0.1) is 11.6 Å². The highest BCUT2D eigenvalue weighted by Crippen LogP contribution is 2.37. The smallest absolute Gasteiger partial charge is 0.228 e. The van der Waals surface area contributed by atoms with Crippen LogP contribution >= 0.6 is 39.1 Å². The topological polar surface area (TPSA) is 20.3 Å². The zero-order valence-corrected chi connectivity index (χ0v) is 11.1. The second-order valence-corrected chi connectivity index (χ2v) is 5.40. The molecule has 1 fully saturated rings. The average Bonchev–Trinajstić information content (AvgIpc) is 2.43. The summed E-state index contributed by atoms with van der Waals surface area (Å²) < 4.78 is 13.5. The van der Waals surface area contributed by atoms with Gasteiger partial charge >= 0.3 is 0 Å². The lowest BCUT2D eigenvalue weighted by Gasteiger charge is -2.19. The predicted molar refractivity (Wildman–Crippen MR) is 65.7 cm³/mol. The summed E-state index contributed by atoms with van der Waals surface area (Å²) in [6.07, 6.45) is 0.279. The van der Waals surface area contributed by atoms with E-state index in [-0.39, 0.29) is 22.7 Å². The molecule has 0 aliphatic carbocycles. The van der Waals surface area contributed by atoms with Gasteiger partial charge in [0.05, 0.1) is 16.1 Å². The van der Waals surface area contributed by atoms with Crippen molar-refractivity contribution in [1.82, 2.24) is 0 Å². The Morgan fingerprint density at radius 2 is 2.19 bits per heavy atom. The van der Waals surface area contributed by atoms with Crippen molar-refractivity contribution in [3.63, 3.8) is 0 Å². The molecular formula is C10H7BrCl2FNO. The van der Waals surface area contributed by atoms with E-state index in [4.69, 9.17) is 23.2 Å². The highest BCUT2D eigenvalue weighted by Gasteiger charge is 2.31. The van der Waals surface area contributed by atoms with Crippen molar-refractivity contribution in [1.29, 1.82) is 0 Å². The van der Waals surface area contributed by atoms with Gasteiger partial charge in [-0.2, -0.15) is 0 Å². The number of hydrogen-bond donors (Lipinski definition) is 0. The van der Waals surface area contributed by atoms with Gasteiger partial charge in [0, 0.05) is 17.4 Å². The number of rotatable bonds is 1. The fourth-order valence-corrected chi connectivity index (χ4v) is 3.01. The maximum Gasteiger partial charge on any atom is 0.228 e. The van der Waals surface area contributed by atoms with Gasteiger partial charge in [0.1, 0.15) is 5.82 Å². The van der Waals surface area contributed by atoms with E-state index >= 15 is 0 Å². The van der Waals surface area contributed by atoms with Crippen LogP contribution in [0, 0.1) is 5.82 Å². The van der Waals surface area contributed by atoms with Gasteiger partial charge in [-0.25, -0.2) is 4.39 Å². The van der Waals surface area contributed by atoms with E-state index in [1.165, 1.54) is 17.0 Å². The first-order valence-corrected chi connectivity index (χ1v) is 6.18. The van der Waals surface area contributed by atoms with E-state index in [1.807, 2.05) is 0 Å². The van der Waals surface area contributed by atoms with Crippen LogP contribution in [-0.2, 0) is 4.79 Å². The first kappa shape index (κ1) is 12.1. The van der Waals surface area contributed by atoms with Crippen LogP contribution in [0.4, 0.5) is 10.1 Å². The van der Waals surface area contributed by atoms with Crippen LogP contribution in [0.15, 0.2) is 16.6 Å². The monoisotopic (exact) mass is 325 g/mol. The predicted octanol–water partition coefficient (Wildman–Crippen LogP) is 3.59. The first-order chi connectivity index (χ1) is 7.49. The summed E-state index contributed by atoms with van der Waals surface area (Å²) in [5, 5.41) is -0.0217. The van der Waals surface area contributed by atoms with E-state index in [0.717, 1.165) is 0 Å². The van der Waals surface area contributed by atoms with Gasteiger partial charge in [-0.1, -0.05) is 11.6 Å². The zero-order chi connectivity index (χ0) is 11.9. The highest BCUT2D eigenvalue weighted by molar-refractivity contribution is 9.10. The van der Waals surface area contributed by atoms with E-state index in [0.29, 0.717) is 16.7 Å². The molecule has 1 aromatic carbocycles. The van der Waals surface area contributed by atoms with Crippen molar-refractivity contribution in [3.05, 3.63) is 27.4 Å². The van der Waals surface area contributed by atoms with Gasteiger partial charge in [0.25, 0.3) is 0 Å². The Balaban J connectivity index is 2.44. The molecule has 0 aromatic heterocycles. The minimum atomic E-state index is -0.449. The molecule has 1 aliphatic heterocycles. The van der Waals surface area contributed by atoms with Crippen molar-refractivity contribution in [2.75, 3.05) is 11.4 Å². The summed E-state index contributed by atoms with van der Waals surface area (Å²) >= 11 is 15.0. The molecule has 1 atom stereocenters. The van der Waals surface area contributed by atoms with Gasteiger partial charge in [-0.3, -0.25) is 4.79 Å². The Hall–Kier alpha value is -0.320. The normalized spacial score (nSPS) is 20.6. The number of hydrogen-bond acceptors (Lipinski definition) is 1. The van der Waals surface area contributed by atoms with Crippen LogP contribution in [0.25, 0.3) is 0 Å². The van der Waals surface area contributed by atoms with Crippen LogP contribution in [0.5, 0.6) is 0 Å². The molecule has 0 spiro atoms. The molecule has 1 heterocycles. The lowest BCUT2D eigenvalue weighted by Crippen LogP contribution is -2.25. The number of amides is 1. The van der Waals surface area contributed by atoms with Crippen molar-refractivity contribution in [2.24, 2.45) is 0 Å². The third-order valence-electron chi connectivity index (χ3n) is 2.33. The summed E-state index contributed by atoms with van der Waals surface area (Å²) in [6, 6.07) is 2.45. The summed E-state index contributed by atoms with van der Waals surface area (Å²) in [4.78, 5) is 13.1. The summed E-state index contributed by atoms with van der Waals surface area (Å²) in [6.45, 7) is 0.393. The molecule has 1 unspecified atom stereocenters. The first-order valence-electron chi connectivity index (χ1n) is 4.58. The second-order valence-electron chi connectivity index (χ2n) is 3.52. The zero-order valence-electron chi connectivity index (χ0n) is 8.01. The maximum atomic E-state index is 13.0. The van der Waals surface area contributed by atoms with Gasteiger partial charge in [0.2, 0.25) is 5.91 Å². The minimum absolute atomic E-state index is 0.103. The Kier molecular flexibility index (Phi) is 3.42. The van der Waals surface area contributed by atoms with E-state index < -0.39 is 5.82 Å². The standard InChI is InChI=1S/C10H7BrCl2FNO/c11-7-2-6(14)3-8(13)10(7)15-4-5(12)1-9(15)16/h2-3,5H,1,4H2. The van der Waals surface area contributed by atoms with E-state index in [2.05, 4.69) is 15.9 Å². The largest absolute Gasteiger partial charge is 0.308 e. The molecule has 2 rings (SSSR count). The van der Waals surface area contributed by atoms with Crippen LogP contribution in [0.1, 0.15) is 6.42 Å². The van der Waals surface area contributed by atoms with Crippen LogP contribution in [0.3, 0.4) is 0 Å². The average molecular weight is 327 g/mol. The molecule has 0 bridgehead atoms. The summed E-state index contributed by atoms with van der Waals surface area (Å²) in [5.41, 5.74) is 0.483. The lowest BCUT2D eigenvalue weighted by atomic mass is 10.3. The Labute approximate surface area is 110 Å². The van der Waals surface area contributed by atoms with Gasteiger partial charge < -0.3 is 4.90 Å². The van der Waals surface area contributed by atoms with Crippen molar-refractivity contribution >= 4 is 50.7 Å². The molecule has 6 heteroatoms.